The molecule has 0 bridgehead atoms. The Morgan fingerprint density at radius 2 is 1.62 bits per heavy atom. The van der Waals surface area contributed by atoms with E-state index in [1.807, 2.05) is 44.2 Å². The van der Waals surface area contributed by atoms with Crippen molar-refractivity contribution >= 4 is 34.8 Å². The summed E-state index contributed by atoms with van der Waals surface area (Å²) in [4.78, 5) is 25.4. The van der Waals surface area contributed by atoms with E-state index in [1.54, 1.807) is 41.1 Å². The van der Waals surface area contributed by atoms with Crippen LogP contribution in [0, 0.1) is 13.8 Å². The summed E-state index contributed by atoms with van der Waals surface area (Å²) < 4.78 is 0. The predicted octanol–water partition coefficient (Wildman–Crippen LogP) is 4.34. The fourth-order valence-electron chi connectivity index (χ4n) is 2.80. The second-order valence-corrected chi connectivity index (χ2v) is 7.71. The summed E-state index contributed by atoms with van der Waals surface area (Å²) in [5, 5.41) is 13.7. The molecule has 0 saturated carbocycles. The number of aryl methyl sites for hydroxylation is 2. The summed E-state index contributed by atoms with van der Waals surface area (Å²) in [6.07, 6.45) is 1.91. The van der Waals surface area contributed by atoms with Crippen LogP contribution in [0.3, 0.4) is 0 Å². The maximum absolute atomic E-state index is 13.0. The molecule has 2 aromatic carbocycles. The molecule has 1 heterocycles. The van der Waals surface area contributed by atoms with E-state index in [0.29, 0.717) is 17.7 Å². The quantitative estimate of drug-likeness (QED) is 0.324. The summed E-state index contributed by atoms with van der Waals surface area (Å²) in [5.41, 5.74) is 6.54. The second kappa shape index (κ2) is 9.32. The highest BCUT2D eigenvalue weighted by molar-refractivity contribution is 7.11. The molecular weight excluding hydrogens is 384 g/mol. The lowest BCUT2D eigenvalue weighted by Gasteiger charge is -2.10. The van der Waals surface area contributed by atoms with Gasteiger partial charge >= 0.3 is 0 Å². The summed E-state index contributed by atoms with van der Waals surface area (Å²) in [6, 6.07) is 16.6. The van der Waals surface area contributed by atoms with Crippen LogP contribution in [-0.4, -0.2) is 17.0 Å². The number of carbonyl (C=O) groups excluding carboxylic acids is 2. The largest absolute Gasteiger partial charge is 0.348 e. The maximum atomic E-state index is 13.0. The highest BCUT2D eigenvalue weighted by atomic mass is 32.1. The maximum Gasteiger partial charge on any atom is 0.274 e. The number of carbonyl (C=O) groups is 2. The Balaban J connectivity index is 1.78. The van der Waals surface area contributed by atoms with Crippen molar-refractivity contribution in [2.24, 2.45) is 0 Å². The van der Waals surface area contributed by atoms with Crippen LogP contribution in [0.4, 0.5) is 0 Å². The molecule has 0 aliphatic heterocycles. The molecule has 1 aromatic heterocycles. The molecule has 0 aliphatic rings. The van der Waals surface area contributed by atoms with Gasteiger partial charge in [-0.1, -0.05) is 42.0 Å². The van der Waals surface area contributed by atoms with Crippen LogP contribution >= 0.6 is 11.3 Å². The monoisotopic (exact) mass is 406 g/mol. The van der Waals surface area contributed by atoms with Crippen LogP contribution in [0.5, 0.6) is 0 Å². The average Bonchev–Trinajstić information content (AvgIpc) is 3.15. The van der Waals surface area contributed by atoms with Gasteiger partial charge in [0.25, 0.3) is 11.8 Å². The Bertz CT molecular complexity index is 1030. The number of rotatable bonds is 6. The van der Waals surface area contributed by atoms with E-state index in [0.717, 1.165) is 27.1 Å². The fraction of sp³-hybridized carbons (Fsp3) is 0.130. The lowest BCUT2D eigenvalue weighted by atomic mass is 10.0. The van der Waals surface area contributed by atoms with Crippen molar-refractivity contribution in [1.82, 2.24) is 10.8 Å². The van der Waals surface area contributed by atoms with Crippen molar-refractivity contribution < 1.29 is 14.8 Å². The number of hydrogen-bond donors (Lipinski definition) is 3. The van der Waals surface area contributed by atoms with Crippen LogP contribution in [0.15, 0.2) is 60.0 Å². The first-order valence-electron chi connectivity index (χ1n) is 9.11. The predicted molar refractivity (Wildman–Crippen MR) is 116 cm³/mol. The highest BCUT2D eigenvalue weighted by Crippen LogP contribution is 2.23. The van der Waals surface area contributed by atoms with Gasteiger partial charge < -0.3 is 5.32 Å². The van der Waals surface area contributed by atoms with Crippen molar-refractivity contribution in [2.45, 2.75) is 20.4 Å². The van der Waals surface area contributed by atoms with E-state index in [-0.39, 0.29) is 5.91 Å². The Morgan fingerprint density at radius 1 is 0.966 bits per heavy atom. The van der Waals surface area contributed by atoms with E-state index in [4.69, 9.17) is 5.21 Å². The molecule has 0 fully saturated rings. The third-order valence-electron chi connectivity index (χ3n) is 4.42. The number of nitrogens with one attached hydrogen (secondary N) is 2. The van der Waals surface area contributed by atoms with Crippen molar-refractivity contribution in [2.75, 3.05) is 0 Å². The minimum Gasteiger partial charge on any atom is -0.348 e. The van der Waals surface area contributed by atoms with E-state index in [1.165, 1.54) is 0 Å². The Kier molecular flexibility index (Phi) is 6.59. The van der Waals surface area contributed by atoms with E-state index < -0.39 is 5.91 Å². The first-order valence-corrected chi connectivity index (χ1v) is 9.99. The van der Waals surface area contributed by atoms with Gasteiger partial charge in [-0.25, -0.2) is 5.48 Å². The van der Waals surface area contributed by atoms with Crippen molar-refractivity contribution in [3.8, 4) is 0 Å². The zero-order valence-electron chi connectivity index (χ0n) is 16.2. The third kappa shape index (κ3) is 5.40. The standard InChI is InChI=1S/C23H22N2O3S/c1-15-3-7-18(8-4-15)21(12-20-11-16(2)14-29-20)23(27)24-13-17-5-9-19(10-6-17)22(26)25-28/h3-12,14,28H,13H2,1-2H3,(H,24,27)(H,25,26). The van der Waals surface area contributed by atoms with Gasteiger partial charge in [-0.05, 0) is 60.2 Å². The molecule has 0 radical (unpaired) electrons. The molecule has 0 saturated heterocycles. The molecule has 0 aliphatic carbocycles. The number of hydroxylamine groups is 1. The third-order valence-corrected chi connectivity index (χ3v) is 5.41. The van der Waals surface area contributed by atoms with E-state index in [9.17, 15) is 9.59 Å². The number of amides is 2. The summed E-state index contributed by atoms with van der Waals surface area (Å²) in [6.45, 7) is 4.36. The normalized spacial score (nSPS) is 11.2. The van der Waals surface area contributed by atoms with E-state index >= 15 is 0 Å². The van der Waals surface area contributed by atoms with Gasteiger partial charge in [0, 0.05) is 22.6 Å². The Labute approximate surface area is 173 Å². The number of thiophene rings is 1. The van der Waals surface area contributed by atoms with Gasteiger partial charge in [-0.15, -0.1) is 11.3 Å². The van der Waals surface area contributed by atoms with Crippen molar-refractivity contribution in [3.05, 3.63) is 92.7 Å². The minimum atomic E-state index is -0.573. The fourth-order valence-corrected chi connectivity index (χ4v) is 3.63. The first-order chi connectivity index (χ1) is 14.0. The van der Waals surface area contributed by atoms with Crippen LogP contribution in [0.1, 0.15) is 37.5 Å². The molecule has 3 N–H and O–H groups in total. The lowest BCUT2D eigenvalue weighted by Crippen LogP contribution is -2.24. The molecule has 2 amide bonds. The molecule has 148 valence electrons. The van der Waals surface area contributed by atoms with Crippen LogP contribution in [-0.2, 0) is 11.3 Å². The lowest BCUT2D eigenvalue weighted by molar-refractivity contribution is -0.115. The molecule has 0 unspecified atom stereocenters. The molecule has 3 aromatic rings. The second-order valence-electron chi connectivity index (χ2n) is 6.77. The van der Waals surface area contributed by atoms with Crippen LogP contribution < -0.4 is 10.8 Å². The number of benzene rings is 2. The molecule has 3 rings (SSSR count). The average molecular weight is 407 g/mol. The molecule has 5 nitrogen and oxygen atoms in total. The molecule has 6 heteroatoms. The van der Waals surface area contributed by atoms with Gasteiger partial charge in [0.05, 0.1) is 0 Å². The SMILES string of the molecule is Cc1ccc(C(=Cc2cc(C)cs2)C(=O)NCc2ccc(C(=O)NO)cc2)cc1. The summed E-state index contributed by atoms with van der Waals surface area (Å²) in [5.74, 6) is -0.742. The van der Waals surface area contributed by atoms with Gasteiger partial charge in [0.2, 0.25) is 0 Å². The van der Waals surface area contributed by atoms with Gasteiger partial charge in [0.15, 0.2) is 0 Å². The van der Waals surface area contributed by atoms with E-state index in [2.05, 4.69) is 16.8 Å². The van der Waals surface area contributed by atoms with Gasteiger partial charge in [-0.3, -0.25) is 14.8 Å². The summed E-state index contributed by atoms with van der Waals surface area (Å²) in [7, 11) is 0. The van der Waals surface area contributed by atoms with Crippen LogP contribution in [0.2, 0.25) is 0 Å². The molecule has 29 heavy (non-hydrogen) atoms. The van der Waals surface area contributed by atoms with Crippen molar-refractivity contribution in [1.29, 1.82) is 0 Å². The zero-order chi connectivity index (χ0) is 20.8. The summed E-state index contributed by atoms with van der Waals surface area (Å²) >= 11 is 1.60. The highest BCUT2D eigenvalue weighted by Gasteiger charge is 2.13. The smallest absolute Gasteiger partial charge is 0.274 e. The molecular formula is C23H22N2O3S. The Hall–Kier alpha value is -3.22. The topological polar surface area (TPSA) is 78.4 Å². The first kappa shape index (κ1) is 20.5. The Morgan fingerprint density at radius 3 is 2.21 bits per heavy atom. The van der Waals surface area contributed by atoms with Gasteiger partial charge in [0.1, 0.15) is 0 Å². The van der Waals surface area contributed by atoms with Crippen molar-refractivity contribution in [3.63, 3.8) is 0 Å². The van der Waals surface area contributed by atoms with Crippen LogP contribution in [0.25, 0.3) is 11.6 Å². The number of hydrogen-bond acceptors (Lipinski definition) is 4. The molecule has 0 spiro atoms. The minimum absolute atomic E-state index is 0.169. The molecule has 0 atom stereocenters. The van der Waals surface area contributed by atoms with Gasteiger partial charge in [-0.2, -0.15) is 0 Å². The zero-order valence-corrected chi connectivity index (χ0v) is 17.0.